The van der Waals surface area contributed by atoms with Crippen molar-refractivity contribution < 1.29 is 9.53 Å². The van der Waals surface area contributed by atoms with Crippen LogP contribution in [0.2, 0.25) is 0 Å². The van der Waals surface area contributed by atoms with Crippen LogP contribution in [0.5, 0.6) is 0 Å². The van der Waals surface area contributed by atoms with Gasteiger partial charge in [-0.25, -0.2) is 9.97 Å². The van der Waals surface area contributed by atoms with Gasteiger partial charge < -0.3 is 15.0 Å². The van der Waals surface area contributed by atoms with Crippen molar-refractivity contribution in [3.8, 4) is 10.7 Å². The topological polar surface area (TPSA) is 105 Å². The SMILES string of the molecule is COCN=C1C[C@H]2CC[C@@H](C1)N2C(=O)c1ccc(Nc2nc(-c3sc(C)nc3C)ns2)nc1. The number of nitrogens with one attached hydrogen (secondary N) is 1. The number of aryl methyl sites for hydroxylation is 2. The summed E-state index contributed by atoms with van der Waals surface area (Å²) in [5, 5.41) is 4.83. The summed E-state index contributed by atoms with van der Waals surface area (Å²) in [5.41, 5.74) is 2.70. The molecule has 0 radical (unpaired) electrons. The van der Waals surface area contributed by atoms with E-state index in [-0.39, 0.29) is 18.0 Å². The molecule has 5 rings (SSSR count). The molecule has 1 N–H and O–H groups in total. The van der Waals surface area contributed by atoms with Crippen LogP contribution in [-0.4, -0.2) is 61.8 Å². The van der Waals surface area contributed by atoms with Gasteiger partial charge in [0.25, 0.3) is 5.91 Å². The van der Waals surface area contributed by atoms with Gasteiger partial charge in [0.15, 0.2) is 5.82 Å². The molecule has 0 aromatic carbocycles. The maximum Gasteiger partial charge on any atom is 0.255 e. The molecule has 33 heavy (non-hydrogen) atoms. The Labute approximate surface area is 200 Å². The lowest BCUT2D eigenvalue weighted by Crippen LogP contribution is -2.46. The van der Waals surface area contributed by atoms with Crippen molar-refractivity contribution >= 4 is 45.4 Å². The van der Waals surface area contributed by atoms with Gasteiger partial charge in [0.05, 0.1) is 21.1 Å². The molecule has 11 heteroatoms. The minimum absolute atomic E-state index is 0.0431. The number of nitrogens with zero attached hydrogens (tertiary/aromatic N) is 6. The quantitative estimate of drug-likeness (QED) is 0.559. The monoisotopic (exact) mass is 483 g/mol. The predicted molar refractivity (Wildman–Crippen MR) is 130 cm³/mol. The third-order valence-corrected chi connectivity index (χ3v) is 7.69. The van der Waals surface area contributed by atoms with Gasteiger partial charge >= 0.3 is 0 Å². The zero-order chi connectivity index (χ0) is 22.9. The van der Waals surface area contributed by atoms with Crippen molar-refractivity contribution in [2.24, 2.45) is 4.99 Å². The highest BCUT2D eigenvalue weighted by Crippen LogP contribution is 2.36. The van der Waals surface area contributed by atoms with Crippen LogP contribution in [0.4, 0.5) is 10.9 Å². The van der Waals surface area contributed by atoms with Crippen LogP contribution in [0.25, 0.3) is 10.7 Å². The molecule has 0 unspecified atom stereocenters. The minimum Gasteiger partial charge on any atom is -0.363 e. The first-order valence-corrected chi connectivity index (χ1v) is 12.5. The number of carbonyl (C=O) groups excluding carboxylic acids is 1. The van der Waals surface area contributed by atoms with Crippen molar-refractivity contribution in [2.75, 3.05) is 19.2 Å². The number of hydrogen-bond acceptors (Lipinski definition) is 10. The molecule has 2 bridgehead atoms. The van der Waals surface area contributed by atoms with Gasteiger partial charge in [-0.15, -0.1) is 11.3 Å². The van der Waals surface area contributed by atoms with Crippen LogP contribution in [0.15, 0.2) is 23.3 Å². The smallest absolute Gasteiger partial charge is 0.255 e. The van der Waals surface area contributed by atoms with Crippen LogP contribution in [-0.2, 0) is 4.74 Å². The molecule has 0 aliphatic carbocycles. The van der Waals surface area contributed by atoms with Gasteiger partial charge in [-0.2, -0.15) is 9.36 Å². The van der Waals surface area contributed by atoms with Gasteiger partial charge in [-0.3, -0.25) is 9.79 Å². The first kappa shape index (κ1) is 22.1. The Morgan fingerprint density at radius 1 is 1.24 bits per heavy atom. The van der Waals surface area contributed by atoms with Crippen molar-refractivity contribution in [1.29, 1.82) is 0 Å². The molecule has 1 amide bonds. The summed E-state index contributed by atoms with van der Waals surface area (Å²) in [5.74, 6) is 1.34. The van der Waals surface area contributed by atoms with E-state index in [1.54, 1.807) is 24.6 Å². The molecule has 2 saturated heterocycles. The summed E-state index contributed by atoms with van der Waals surface area (Å²) < 4.78 is 9.52. The highest BCUT2D eigenvalue weighted by atomic mass is 32.1. The van der Waals surface area contributed by atoms with Gasteiger partial charge in [0.1, 0.15) is 12.5 Å². The van der Waals surface area contributed by atoms with Crippen LogP contribution in [0, 0.1) is 13.8 Å². The minimum atomic E-state index is 0.0431. The fourth-order valence-corrected chi connectivity index (χ4v) is 6.06. The molecule has 0 saturated carbocycles. The molecule has 2 aliphatic heterocycles. The second-order valence-corrected chi connectivity index (χ2v) is 10.2. The molecule has 3 aromatic rings. The van der Waals surface area contributed by atoms with Gasteiger partial charge in [-0.05, 0) is 38.8 Å². The van der Waals surface area contributed by atoms with Crippen LogP contribution < -0.4 is 5.32 Å². The summed E-state index contributed by atoms with van der Waals surface area (Å²) in [6.45, 7) is 4.33. The Kier molecular flexibility index (Phi) is 6.17. The molecule has 3 aromatic heterocycles. The number of aliphatic imine (C=N–C) groups is 1. The summed E-state index contributed by atoms with van der Waals surface area (Å²) in [6, 6.07) is 4.06. The largest absolute Gasteiger partial charge is 0.363 e. The normalized spacial score (nSPS) is 21.1. The Balaban J connectivity index is 1.25. The first-order valence-electron chi connectivity index (χ1n) is 10.9. The fourth-order valence-electron chi connectivity index (χ4n) is 4.56. The highest BCUT2D eigenvalue weighted by Gasteiger charge is 2.42. The number of carbonyl (C=O) groups is 1. The third kappa shape index (κ3) is 4.53. The Bertz CT molecular complexity index is 1170. The number of methoxy groups -OCH3 is 1. The van der Waals surface area contributed by atoms with E-state index in [4.69, 9.17) is 4.74 Å². The number of thiazole rings is 1. The lowest BCUT2D eigenvalue weighted by molar-refractivity contribution is 0.0657. The maximum atomic E-state index is 13.2. The maximum absolute atomic E-state index is 13.2. The Morgan fingerprint density at radius 2 is 2.03 bits per heavy atom. The van der Waals surface area contributed by atoms with Crippen molar-refractivity contribution in [1.82, 2.24) is 24.2 Å². The zero-order valence-corrected chi connectivity index (χ0v) is 20.4. The van der Waals surface area contributed by atoms with Crippen LogP contribution >= 0.6 is 22.9 Å². The van der Waals surface area contributed by atoms with Crippen molar-refractivity contribution in [3.63, 3.8) is 0 Å². The number of rotatable bonds is 6. The standard InChI is InChI=1S/C22H25N7O2S2/c1-12-19(32-13(2)25-12)20-27-22(33-28-20)26-18-7-4-14(10-23-18)21(30)29-16-5-6-17(29)9-15(8-16)24-11-31-3/h4,7,10,16-17H,5-6,8-9,11H2,1-3H3,(H,23,26,27,28)/t16-,17+. The first-order chi connectivity index (χ1) is 16.0. The predicted octanol–water partition coefficient (Wildman–Crippen LogP) is 4.23. The van der Waals surface area contributed by atoms with E-state index >= 15 is 0 Å². The van der Waals surface area contributed by atoms with Gasteiger partial charge in [0, 0.05) is 55.5 Å². The van der Waals surface area contributed by atoms with E-state index in [1.165, 1.54) is 11.5 Å². The summed E-state index contributed by atoms with van der Waals surface area (Å²) >= 11 is 2.86. The van der Waals surface area contributed by atoms with E-state index in [2.05, 4.69) is 29.6 Å². The lowest BCUT2D eigenvalue weighted by atomic mass is 9.99. The van der Waals surface area contributed by atoms with E-state index < -0.39 is 0 Å². The molecule has 2 atom stereocenters. The van der Waals surface area contributed by atoms with Crippen LogP contribution in [0.3, 0.4) is 0 Å². The van der Waals surface area contributed by atoms with Crippen molar-refractivity contribution in [2.45, 2.75) is 51.6 Å². The van der Waals surface area contributed by atoms with E-state index in [0.29, 0.717) is 29.1 Å². The molecular formula is C22H25N7O2S2. The zero-order valence-electron chi connectivity index (χ0n) is 18.7. The second kappa shape index (κ2) is 9.24. The van der Waals surface area contributed by atoms with E-state index in [0.717, 1.165) is 47.0 Å². The summed E-state index contributed by atoms with van der Waals surface area (Å²) in [4.78, 5) is 34.2. The molecule has 2 aliphatic rings. The number of amides is 1. The number of piperidine rings is 1. The van der Waals surface area contributed by atoms with Gasteiger partial charge in [-0.1, -0.05) is 0 Å². The third-order valence-electron chi connectivity index (χ3n) is 5.99. The lowest BCUT2D eigenvalue weighted by Gasteiger charge is -2.35. The number of ether oxygens (including phenoxy) is 1. The number of hydrogen-bond donors (Lipinski definition) is 1. The highest BCUT2D eigenvalue weighted by molar-refractivity contribution is 7.15. The van der Waals surface area contributed by atoms with Gasteiger partial charge in [0.2, 0.25) is 5.13 Å². The molecule has 2 fully saturated rings. The molecule has 5 heterocycles. The summed E-state index contributed by atoms with van der Waals surface area (Å²) in [6.07, 6.45) is 5.34. The fraction of sp³-hybridized carbons (Fsp3) is 0.455. The molecular weight excluding hydrogens is 458 g/mol. The summed E-state index contributed by atoms with van der Waals surface area (Å²) in [7, 11) is 1.65. The number of anilines is 2. The average Bonchev–Trinajstić information content (AvgIpc) is 3.47. The molecule has 9 nitrogen and oxygen atoms in total. The van der Waals surface area contributed by atoms with Crippen LogP contribution in [0.1, 0.15) is 46.7 Å². The Morgan fingerprint density at radius 3 is 2.67 bits per heavy atom. The second-order valence-electron chi connectivity index (χ2n) is 8.28. The van der Waals surface area contributed by atoms with E-state index in [1.807, 2.05) is 30.9 Å². The van der Waals surface area contributed by atoms with Crippen molar-refractivity contribution in [3.05, 3.63) is 34.6 Å². The number of pyridine rings is 1. The average molecular weight is 484 g/mol. The molecule has 172 valence electrons. The molecule has 0 spiro atoms. The Hall–Kier alpha value is -2.76. The number of aromatic nitrogens is 4. The van der Waals surface area contributed by atoms with E-state index in [9.17, 15) is 4.79 Å². The number of fused-ring (bicyclic) bond motifs is 2.